The second-order valence-corrected chi connectivity index (χ2v) is 4.68. The third-order valence-corrected chi connectivity index (χ3v) is 2.96. The Hall–Kier alpha value is -1.26. The van der Waals surface area contributed by atoms with Gasteiger partial charge < -0.3 is 5.11 Å². The van der Waals surface area contributed by atoms with E-state index in [1.807, 2.05) is 44.6 Å². The third-order valence-electron chi connectivity index (χ3n) is 2.96. The molecule has 0 aromatic carbocycles. The van der Waals surface area contributed by atoms with E-state index in [1.54, 1.807) is 0 Å². The van der Waals surface area contributed by atoms with Gasteiger partial charge in [0.05, 0.1) is 34.6 Å². The topological polar surface area (TPSA) is 46.8 Å². The molecule has 1 unspecified atom stereocenters. The average Bonchev–Trinajstić information content (AvgIpc) is 2.20. The highest BCUT2D eigenvalue weighted by atomic mass is 16.4. The lowest BCUT2D eigenvalue weighted by Gasteiger charge is -2.24. The molecular weight excluding hydrogens is 194 g/mol. The Morgan fingerprint density at radius 3 is 2.40 bits per heavy atom. The summed E-state index contributed by atoms with van der Waals surface area (Å²) in [5, 5.41) is 8.90. The van der Waals surface area contributed by atoms with Crippen LogP contribution in [0.2, 0.25) is 0 Å². The second kappa shape index (κ2) is 3.72. The van der Waals surface area contributed by atoms with Crippen molar-refractivity contribution in [1.29, 1.82) is 0 Å². The highest BCUT2D eigenvalue weighted by Gasteiger charge is 2.49. The molecule has 1 saturated heterocycles. The van der Waals surface area contributed by atoms with Crippen molar-refractivity contribution in [2.24, 2.45) is 0 Å². The minimum Gasteiger partial charge on any atom is -0.481 e. The largest absolute Gasteiger partial charge is 0.481 e. The summed E-state index contributed by atoms with van der Waals surface area (Å²) in [6, 6.07) is 0. The van der Waals surface area contributed by atoms with Gasteiger partial charge in [0.25, 0.3) is 0 Å². The number of hydrogen-bond donors (Lipinski definition) is 1. The van der Waals surface area contributed by atoms with Crippen molar-refractivity contribution < 1.29 is 14.5 Å². The van der Waals surface area contributed by atoms with Crippen LogP contribution in [0.15, 0.2) is 0 Å². The number of aliphatic carboxylic acids is 1. The molecule has 86 valence electrons. The van der Waals surface area contributed by atoms with Gasteiger partial charge in [0.15, 0.2) is 0 Å². The maximum Gasteiger partial charge on any atom is 0.350 e. The summed E-state index contributed by atoms with van der Waals surface area (Å²) in [4.78, 5) is 15.0. The van der Waals surface area contributed by atoms with Crippen molar-refractivity contribution in [3.8, 4) is 0 Å². The Labute approximate surface area is 90.6 Å². The predicted octanol–water partition coefficient (Wildman–Crippen LogP) is -0.275. The highest BCUT2D eigenvalue weighted by molar-refractivity contribution is 5.80. The minimum absolute atomic E-state index is 0.158. The fourth-order valence-electron chi connectivity index (χ4n) is 2.33. The maximum atomic E-state index is 10.8. The summed E-state index contributed by atoms with van der Waals surface area (Å²) in [6.07, 6.45) is 0.158. The number of likely N-dealkylation sites (N-methyl/N-ethyl adjacent to an activating group) is 2. The van der Waals surface area contributed by atoms with Gasteiger partial charge >= 0.3 is 11.9 Å². The van der Waals surface area contributed by atoms with E-state index in [4.69, 9.17) is 5.11 Å². The molecular formula is C10H20N3O2+. The molecule has 5 heteroatoms. The van der Waals surface area contributed by atoms with Gasteiger partial charge in [0.1, 0.15) is 12.1 Å². The lowest BCUT2D eigenvalue weighted by atomic mass is 9.98. The molecule has 0 aliphatic carbocycles. The van der Waals surface area contributed by atoms with E-state index in [-0.39, 0.29) is 12.0 Å². The Morgan fingerprint density at radius 2 is 2.07 bits per heavy atom. The van der Waals surface area contributed by atoms with Crippen LogP contribution in [0.4, 0.5) is 0 Å². The first-order valence-corrected chi connectivity index (χ1v) is 4.99. The zero-order valence-corrected chi connectivity index (χ0v) is 10.1. The summed E-state index contributed by atoms with van der Waals surface area (Å²) >= 11 is 0. The first-order valence-electron chi connectivity index (χ1n) is 4.99. The normalized spacial score (nSPS) is 26.1. The Balaban J connectivity index is 2.99. The number of carbonyl (C=O) groups is 1. The summed E-state index contributed by atoms with van der Waals surface area (Å²) in [5.74, 6) is 0.302. The van der Waals surface area contributed by atoms with Crippen molar-refractivity contribution in [3.05, 3.63) is 0 Å². The molecule has 0 amide bonds. The summed E-state index contributed by atoms with van der Waals surface area (Å²) < 4.78 is 2.01. The van der Waals surface area contributed by atoms with Gasteiger partial charge in [-0.05, 0) is 6.92 Å². The summed E-state index contributed by atoms with van der Waals surface area (Å²) in [7, 11) is 7.87. The highest BCUT2D eigenvalue weighted by Crippen LogP contribution is 2.26. The Morgan fingerprint density at radius 1 is 1.53 bits per heavy atom. The number of rotatable bonds is 2. The number of nitrogens with zero attached hydrogens (tertiary/aromatic N) is 3. The zero-order valence-electron chi connectivity index (χ0n) is 10.1. The van der Waals surface area contributed by atoms with Crippen molar-refractivity contribution in [2.75, 3.05) is 34.7 Å². The molecule has 1 rings (SSSR count). The second-order valence-electron chi connectivity index (χ2n) is 4.68. The maximum absolute atomic E-state index is 10.8. The van der Waals surface area contributed by atoms with Gasteiger partial charge in [-0.15, -0.1) is 0 Å². The van der Waals surface area contributed by atoms with Crippen molar-refractivity contribution in [3.63, 3.8) is 0 Å². The van der Waals surface area contributed by atoms with E-state index < -0.39 is 5.97 Å². The fourth-order valence-corrected chi connectivity index (χ4v) is 2.33. The molecule has 1 fully saturated rings. The van der Waals surface area contributed by atoms with Crippen LogP contribution in [-0.4, -0.2) is 71.7 Å². The molecule has 0 saturated carbocycles. The van der Waals surface area contributed by atoms with Crippen LogP contribution in [0.1, 0.15) is 13.3 Å². The van der Waals surface area contributed by atoms with Gasteiger partial charge in [0, 0.05) is 0 Å². The van der Waals surface area contributed by atoms with Gasteiger partial charge in [-0.3, -0.25) is 19.2 Å². The molecule has 0 radical (unpaired) electrons. The van der Waals surface area contributed by atoms with Gasteiger partial charge in [-0.2, -0.15) is 0 Å². The summed E-state index contributed by atoms with van der Waals surface area (Å²) in [5.41, 5.74) is -0.319. The first-order chi connectivity index (χ1) is 6.78. The lowest BCUT2D eigenvalue weighted by molar-refractivity contribution is -0.474. The first kappa shape index (κ1) is 11.8. The number of carboxylic acid groups (broad SMARTS) is 1. The average molecular weight is 214 g/mol. The van der Waals surface area contributed by atoms with Crippen LogP contribution in [0.5, 0.6) is 0 Å². The van der Waals surface area contributed by atoms with Gasteiger partial charge in [-0.1, -0.05) is 0 Å². The van der Waals surface area contributed by atoms with Gasteiger partial charge in [0.2, 0.25) is 0 Å². The minimum atomic E-state index is -0.752. The zero-order chi connectivity index (χ0) is 11.8. The van der Waals surface area contributed by atoms with Crippen LogP contribution in [0, 0.1) is 0 Å². The fraction of sp³-hybridized carbons (Fsp3) is 0.800. The van der Waals surface area contributed by atoms with Gasteiger partial charge in [-0.25, -0.2) is 0 Å². The van der Waals surface area contributed by atoms with Crippen LogP contribution in [0.3, 0.4) is 0 Å². The summed E-state index contributed by atoms with van der Waals surface area (Å²) in [6.45, 7) is 2.72. The number of hydrogen-bond acceptors (Lipinski definition) is 1. The van der Waals surface area contributed by atoms with Crippen LogP contribution >= 0.6 is 0 Å². The SMILES string of the molecule is CN1CC(C)(CC(=O)O)N(C)C1=[N+](C)C. The quantitative estimate of drug-likeness (QED) is 0.643. The third kappa shape index (κ3) is 2.06. The van der Waals surface area contributed by atoms with Crippen molar-refractivity contribution in [2.45, 2.75) is 18.9 Å². The Bertz CT molecular complexity index is 310. The molecule has 0 aromatic heterocycles. The molecule has 1 aliphatic heterocycles. The predicted molar refractivity (Wildman–Crippen MR) is 58.2 cm³/mol. The standard InChI is InChI=1S/C10H19N3O2/c1-10(6-8(14)15)7-12(4)9(11(2)3)13(10)5/h6-7H2,1-5H3/p+1. The smallest absolute Gasteiger partial charge is 0.350 e. The molecule has 0 bridgehead atoms. The molecule has 1 N–H and O–H groups in total. The van der Waals surface area contributed by atoms with E-state index in [9.17, 15) is 4.79 Å². The van der Waals surface area contributed by atoms with E-state index in [0.717, 1.165) is 12.5 Å². The molecule has 1 atom stereocenters. The molecule has 15 heavy (non-hydrogen) atoms. The van der Waals surface area contributed by atoms with E-state index >= 15 is 0 Å². The van der Waals surface area contributed by atoms with Crippen molar-refractivity contribution >= 4 is 11.9 Å². The van der Waals surface area contributed by atoms with Crippen LogP contribution in [0.25, 0.3) is 0 Å². The lowest BCUT2D eigenvalue weighted by Crippen LogP contribution is -2.45. The van der Waals surface area contributed by atoms with Crippen molar-refractivity contribution in [1.82, 2.24) is 9.80 Å². The van der Waals surface area contributed by atoms with Crippen LogP contribution < -0.4 is 0 Å². The van der Waals surface area contributed by atoms with E-state index in [0.29, 0.717) is 0 Å². The van der Waals surface area contributed by atoms with E-state index in [1.165, 1.54) is 0 Å². The molecule has 5 nitrogen and oxygen atoms in total. The molecule has 0 spiro atoms. The Kier molecular flexibility index (Phi) is 2.93. The number of guanidine groups is 1. The molecule has 1 heterocycles. The molecule has 0 aromatic rings. The molecule has 1 aliphatic rings. The van der Waals surface area contributed by atoms with Crippen LogP contribution in [-0.2, 0) is 4.79 Å². The number of carboxylic acids is 1. The monoisotopic (exact) mass is 214 g/mol. The van der Waals surface area contributed by atoms with E-state index in [2.05, 4.69) is 4.90 Å².